The Morgan fingerprint density at radius 1 is 1.27 bits per heavy atom. The standard InChI is InChI=1S/C15H12N4O2S/c20-13(19-18-8-11-4-2-1-3-5-11)9-21-14-12-6-7-22-15(12)17-10-16-14/h1-8,10H,9H2,(H,19,20)/b18-8+. The average Bonchev–Trinajstić information content (AvgIpc) is 3.03. The minimum absolute atomic E-state index is 0.159. The summed E-state index contributed by atoms with van der Waals surface area (Å²) in [6.07, 6.45) is 2.99. The van der Waals surface area contributed by atoms with Gasteiger partial charge in [-0.2, -0.15) is 5.10 Å². The van der Waals surface area contributed by atoms with E-state index in [1.54, 1.807) is 6.21 Å². The van der Waals surface area contributed by atoms with E-state index in [2.05, 4.69) is 20.5 Å². The van der Waals surface area contributed by atoms with E-state index in [9.17, 15) is 4.79 Å². The van der Waals surface area contributed by atoms with Crippen LogP contribution in [-0.4, -0.2) is 28.7 Å². The van der Waals surface area contributed by atoms with E-state index >= 15 is 0 Å². The Morgan fingerprint density at radius 2 is 2.14 bits per heavy atom. The minimum Gasteiger partial charge on any atom is -0.467 e. The molecule has 3 rings (SSSR count). The molecule has 0 aliphatic carbocycles. The Labute approximate surface area is 130 Å². The number of carbonyl (C=O) groups excluding carboxylic acids is 1. The van der Waals surface area contributed by atoms with Crippen molar-refractivity contribution in [2.45, 2.75) is 0 Å². The number of hydrogen-bond donors (Lipinski definition) is 1. The van der Waals surface area contributed by atoms with E-state index in [1.165, 1.54) is 17.7 Å². The molecule has 1 N–H and O–H groups in total. The molecule has 0 unspecified atom stereocenters. The molecule has 7 heteroatoms. The summed E-state index contributed by atoms with van der Waals surface area (Å²) in [7, 11) is 0. The molecule has 6 nitrogen and oxygen atoms in total. The van der Waals surface area contributed by atoms with Crippen molar-refractivity contribution < 1.29 is 9.53 Å². The van der Waals surface area contributed by atoms with Gasteiger partial charge in [-0.05, 0) is 17.0 Å². The lowest BCUT2D eigenvalue weighted by Crippen LogP contribution is -2.24. The molecule has 0 radical (unpaired) electrons. The summed E-state index contributed by atoms with van der Waals surface area (Å²) >= 11 is 1.49. The molecule has 0 saturated carbocycles. The number of hydrogen-bond acceptors (Lipinski definition) is 6. The summed E-state index contributed by atoms with van der Waals surface area (Å²) in [6.45, 7) is -0.159. The number of amides is 1. The predicted molar refractivity (Wildman–Crippen MR) is 85.1 cm³/mol. The lowest BCUT2D eigenvalue weighted by Gasteiger charge is -2.04. The number of nitrogens with one attached hydrogen (secondary N) is 1. The van der Waals surface area contributed by atoms with E-state index in [0.29, 0.717) is 5.88 Å². The van der Waals surface area contributed by atoms with Gasteiger partial charge in [-0.3, -0.25) is 4.79 Å². The fraction of sp³-hybridized carbons (Fsp3) is 0.0667. The highest BCUT2D eigenvalue weighted by Gasteiger charge is 2.08. The molecule has 0 aliphatic heterocycles. The highest BCUT2D eigenvalue weighted by molar-refractivity contribution is 7.16. The van der Waals surface area contributed by atoms with Gasteiger partial charge in [-0.1, -0.05) is 30.3 Å². The van der Waals surface area contributed by atoms with Gasteiger partial charge in [0, 0.05) is 0 Å². The number of rotatable bonds is 5. The molecule has 1 aromatic carbocycles. The number of nitrogens with zero attached hydrogens (tertiary/aromatic N) is 3. The predicted octanol–water partition coefficient (Wildman–Crippen LogP) is 2.22. The Morgan fingerprint density at radius 3 is 3.00 bits per heavy atom. The van der Waals surface area contributed by atoms with Gasteiger partial charge in [-0.25, -0.2) is 15.4 Å². The Kier molecular flexibility index (Phi) is 4.35. The summed E-state index contributed by atoms with van der Waals surface area (Å²) in [5, 5.41) is 6.57. The third kappa shape index (κ3) is 3.44. The smallest absolute Gasteiger partial charge is 0.278 e. The van der Waals surface area contributed by atoms with Crippen molar-refractivity contribution in [3.05, 3.63) is 53.7 Å². The van der Waals surface area contributed by atoms with Crippen molar-refractivity contribution >= 4 is 33.7 Å². The van der Waals surface area contributed by atoms with Crippen LogP contribution in [0.3, 0.4) is 0 Å². The normalized spacial score (nSPS) is 10.9. The average molecular weight is 312 g/mol. The topological polar surface area (TPSA) is 76.5 Å². The van der Waals surface area contributed by atoms with Crippen LogP contribution in [0.4, 0.5) is 0 Å². The molecular weight excluding hydrogens is 300 g/mol. The van der Waals surface area contributed by atoms with E-state index < -0.39 is 0 Å². The third-order valence-electron chi connectivity index (χ3n) is 2.77. The zero-order chi connectivity index (χ0) is 15.2. The summed E-state index contributed by atoms with van der Waals surface area (Å²) in [6, 6.07) is 11.3. The molecule has 2 aromatic heterocycles. The Balaban J connectivity index is 1.54. The van der Waals surface area contributed by atoms with Gasteiger partial charge in [0.15, 0.2) is 6.61 Å². The van der Waals surface area contributed by atoms with E-state index in [4.69, 9.17) is 4.74 Å². The van der Waals surface area contributed by atoms with Crippen molar-refractivity contribution in [3.63, 3.8) is 0 Å². The summed E-state index contributed by atoms with van der Waals surface area (Å²) < 4.78 is 5.41. The number of aromatic nitrogens is 2. The van der Waals surface area contributed by atoms with E-state index in [1.807, 2.05) is 41.8 Å². The zero-order valence-corrected chi connectivity index (χ0v) is 12.3. The number of ether oxygens (including phenoxy) is 1. The molecule has 0 bridgehead atoms. The van der Waals surface area contributed by atoms with Crippen LogP contribution >= 0.6 is 11.3 Å². The molecule has 0 saturated heterocycles. The second-order valence-electron chi connectivity index (χ2n) is 4.31. The van der Waals surface area contributed by atoms with Crippen LogP contribution in [0.2, 0.25) is 0 Å². The summed E-state index contributed by atoms with van der Waals surface area (Å²) in [4.78, 5) is 20.7. The molecule has 0 aliphatic rings. The largest absolute Gasteiger partial charge is 0.467 e. The first-order chi connectivity index (χ1) is 10.8. The maximum absolute atomic E-state index is 11.7. The van der Waals surface area contributed by atoms with Crippen LogP contribution < -0.4 is 10.2 Å². The lowest BCUT2D eigenvalue weighted by molar-refractivity contribution is -0.123. The van der Waals surface area contributed by atoms with Crippen LogP contribution in [0.15, 0.2) is 53.2 Å². The Hall–Kier alpha value is -2.80. The van der Waals surface area contributed by atoms with Crippen LogP contribution in [0, 0.1) is 0 Å². The number of benzene rings is 1. The van der Waals surface area contributed by atoms with Gasteiger partial charge < -0.3 is 4.74 Å². The molecule has 22 heavy (non-hydrogen) atoms. The summed E-state index contributed by atoms with van der Waals surface area (Å²) in [5.41, 5.74) is 3.31. The van der Waals surface area contributed by atoms with Crippen LogP contribution in [-0.2, 0) is 4.79 Å². The molecule has 2 heterocycles. The lowest BCUT2D eigenvalue weighted by atomic mass is 10.2. The van der Waals surface area contributed by atoms with Crippen LogP contribution in [0.1, 0.15) is 5.56 Å². The van der Waals surface area contributed by atoms with Crippen molar-refractivity contribution in [1.29, 1.82) is 0 Å². The van der Waals surface area contributed by atoms with Crippen molar-refractivity contribution in [3.8, 4) is 5.88 Å². The van der Waals surface area contributed by atoms with E-state index in [-0.39, 0.29) is 12.5 Å². The van der Waals surface area contributed by atoms with Gasteiger partial charge in [0.2, 0.25) is 5.88 Å². The van der Waals surface area contributed by atoms with Crippen molar-refractivity contribution in [2.24, 2.45) is 5.10 Å². The first-order valence-electron chi connectivity index (χ1n) is 6.51. The molecule has 0 spiro atoms. The first kappa shape index (κ1) is 14.2. The van der Waals surface area contributed by atoms with Crippen molar-refractivity contribution in [2.75, 3.05) is 6.61 Å². The SMILES string of the molecule is O=C(COc1ncnc2sccc12)N/N=C/c1ccccc1. The number of thiophene rings is 1. The third-order valence-corrected chi connectivity index (χ3v) is 3.59. The molecular formula is C15H12N4O2S. The highest BCUT2D eigenvalue weighted by Crippen LogP contribution is 2.25. The van der Waals surface area contributed by atoms with Crippen molar-refractivity contribution in [1.82, 2.24) is 15.4 Å². The van der Waals surface area contributed by atoms with Gasteiger partial charge in [-0.15, -0.1) is 11.3 Å². The van der Waals surface area contributed by atoms with Gasteiger partial charge in [0.1, 0.15) is 11.2 Å². The first-order valence-corrected chi connectivity index (χ1v) is 7.39. The molecule has 0 fully saturated rings. The maximum Gasteiger partial charge on any atom is 0.278 e. The second kappa shape index (κ2) is 6.77. The number of hydrazone groups is 1. The molecule has 110 valence electrons. The zero-order valence-electron chi connectivity index (χ0n) is 11.5. The molecule has 1 amide bonds. The highest BCUT2D eigenvalue weighted by atomic mass is 32.1. The minimum atomic E-state index is -0.353. The fourth-order valence-corrected chi connectivity index (χ4v) is 2.49. The fourth-order valence-electron chi connectivity index (χ4n) is 1.77. The molecule has 0 atom stereocenters. The number of carbonyl (C=O) groups is 1. The molecule has 3 aromatic rings. The van der Waals surface area contributed by atoms with Crippen LogP contribution in [0.5, 0.6) is 5.88 Å². The van der Waals surface area contributed by atoms with Gasteiger partial charge >= 0.3 is 0 Å². The maximum atomic E-state index is 11.7. The Bertz CT molecular complexity index is 801. The van der Waals surface area contributed by atoms with E-state index in [0.717, 1.165) is 15.8 Å². The van der Waals surface area contributed by atoms with Gasteiger partial charge in [0.05, 0.1) is 11.6 Å². The number of fused-ring (bicyclic) bond motifs is 1. The summed E-state index contributed by atoms with van der Waals surface area (Å²) in [5.74, 6) is 0.0441. The van der Waals surface area contributed by atoms with Gasteiger partial charge in [0.25, 0.3) is 5.91 Å². The monoisotopic (exact) mass is 312 g/mol. The van der Waals surface area contributed by atoms with Crippen LogP contribution in [0.25, 0.3) is 10.2 Å². The second-order valence-corrected chi connectivity index (χ2v) is 5.21. The quantitative estimate of drug-likeness (QED) is 0.579.